The van der Waals surface area contributed by atoms with E-state index in [1.165, 1.54) is 11.0 Å². The number of rotatable bonds is 2. The molecule has 1 aromatic rings. The SMILES string of the molecule is CC1(C(=O)O)CCCCN1C(=O)Nc1ccc(Cl)cc1Cl. The first kappa shape index (κ1) is 15.9. The van der Waals surface area contributed by atoms with E-state index in [4.69, 9.17) is 23.2 Å². The van der Waals surface area contributed by atoms with Crippen molar-refractivity contribution < 1.29 is 14.7 Å². The summed E-state index contributed by atoms with van der Waals surface area (Å²) in [5.41, 5.74) is -0.786. The van der Waals surface area contributed by atoms with Crippen LogP contribution < -0.4 is 5.32 Å². The number of nitrogens with zero attached hydrogens (tertiary/aromatic N) is 1. The normalized spacial score (nSPS) is 22.0. The minimum Gasteiger partial charge on any atom is -0.480 e. The molecule has 1 fully saturated rings. The van der Waals surface area contributed by atoms with Crippen LogP contribution in [-0.2, 0) is 4.79 Å². The molecule has 2 N–H and O–H groups in total. The highest BCUT2D eigenvalue weighted by molar-refractivity contribution is 6.36. The van der Waals surface area contributed by atoms with Gasteiger partial charge in [0, 0.05) is 11.6 Å². The van der Waals surface area contributed by atoms with E-state index in [9.17, 15) is 14.7 Å². The smallest absolute Gasteiger partial charge is 0.329 e. The van der Waals surface area contributed by atoms with Crippen molar-refractivity contribution >= 4 is 40.9 Å². The molecule has 5 nitrogen and oxygen atoms in total. The highest BCUT2D eigenvalue weighted by atomic mass is 35.5. The van der Waals surface area contributed by atoms with E-state index < -0.39 is 17.5 Å². The van der Waals surface area contributed by atoms with Crippen LogP contribution in [0.1, 0.15) is 26.2 Å². The molecule has 0 saturated carbocycles. The van der Waals surface area contributed by atoms with Crippen molar-refractivity contribution in [1.29, 1.82) is 0 Å². The molecule has 0 aromatic heterocycles. The second kappa shape index (κ2) is 6.12. The second-order valence-electron chi connectivity index (χ2n) is 5.24. The largest absolute Gasteiger partial charge is 0.480 e. The summed E-state index contributed by atoms with van der Waals surface area (Å²) in [6.07, 6.45) is 2.00. The number of nitrogens with one attached hydrogen (secondary N) is 1. The van der Waals surface area contributed by atoms with Crippen molar-refractivity contribution in [3.8, 4) is 0 Å². The van der Waals surface area contributed by atoms with Crippen molar-refractivity contribution in [1.82, 2.24) is 4.90 Å². The van der Waals surface area contributed by atoms with Gasteiger partial charge in [-0.2, -0.15) is 0 Å². The molecule has 1 aromatic carbocycles. The summed E-state index contributed by atoms with van der Waals surface area (Å²) in [6, 6.07) is 4.25. The molecule has 1 unspecified atom stereocenters. The topological polar surface area (TPSA) is 69.6 Å². The first-order valence-electron chi connectivity index (χ1n) is 6.61. The zero-order valence-corrected chi connectivity index (χ0v) is 13.0. The Morgan fingerprint density at radius 3 is 2.67 bits per heavy atom. The molecule has 0 radical (unpaired) electrons. The van der Waals surface area contributed by atoms with E-state index in [0.29, 0.717) is 28.7 Å². The summed E-state index contributed by atoms with van der Waals surface area (Å²) in [7, 11) is 0. The van der Waals surface area contributed by atoms with Crippen LogP contribution in [-0.4, -0.2) is 34.1 Å². The van der Waals surface area contributed by atoms with E-state index in [1.54, 1.807) is 19.1 Å². The van der Waals surface area contributed by atoms with Gasteiger partial charge in [0.2, 0.25) is 0 Å². The predicted molar refractivity (Wildman–Crippen MR) is 82.1 cm³/mol. The van der Waals surface area contributed by atoms with Crippen LogP contribution in [0.25, 0.3) is 0 Å². The standard InChI is InChI=1S/C14H16Cl2N2O3/c1-14(12(19)20)6-2-3-7-18(14)13(21)17-11-5-4-9(15)8-10(11)16/h4-5,8H,2-3,6-7H2,1H3,(H,17,21)(H,19,20). The Morgan fingerprint density at radius 1 is 1.33 bits per heavy atom. The van der Waals surface area contributed by atoms with Gasteiger partial charge in [-0.15, -0.1) is 0 Å². The van der Waals surface area contributed by atoms with Crippen LogP contribution in [0.2, 0.25) is 10.0 Å². The fourth-order valence-corrected chi connectivity index (χ4v) is 2.90. The summed E-state index contributed by atoms with van der Waals surface area (Å²) >= 11 is 11.8. The van der Waals surface area contributed by atoms with Crippen LogP contribution in [0, 0.1) is 0 Å². The third kappa shape index (κ3) is 3.24. The molecule has 2 rings (SSSR count). The van der Waals surface area contributed by atoms with E-state index in [-0.39, 0.29) is 0 Å². The third-order valence-electron chi connectivity index (χ3n) is 3.77. The number of carboxylic acid groups (broad SMARTS) is 1. The highest BCUT2D eigenvalue weighted by Gasteiger charge is 2.44. The number of hydrogen-bond acceptors (Lipinski definition) is 2. The number of halogens is 2. The van der Waals surface area contributed by atoms with Gasteiger partial charge in [-0.3, -0.25) is 0 Å². The van der Waals surface area contributed by atoms with Gasteiger partial charge in [-0.05, 0) is 44.4 Å². The molecule has 1 heterocycles. The third-order valence-corrected chi connectivity index (χ3v) is 4.32. The minimum atomic E-state index is -1.19. The van der Waals surface area contributed by atoms with Gasteiger partial charge in [0.1, 0.15) is 5.54 Å². The van der Waals surface area contributed by atoms with E-state index >= 15 is 0 Å². The minimum absolute atomic E-state index is 0.310. The lowest BCUT2D eigenvalue weighted by molar-refractivity contribution is -0.150. The van der Waals surface area contributed by atoms with Gasteiger partial charge in [-0.1, -0.05) is 23.2 Å². The number of aliphatic carboxylic acids is 1. The van der Waals surface area contributed by atoms with Crippen molar-refractivity contribution in [2.75, 3.05) is 11.9 Å². The summed E-state index contributed by atoms with van der Waals surface area (Å²) in [5.74, 6) is -1.00. The molecular weight excluding hydrogens is 315 g/mol. The number of urea groups is 1. The molecule has 7 heteroatoms. The van der Waals surface area contributed by atoms with E-state index in [2.05, 4.69) is 5.32 Å². The molecule has 2 amide bonds. The molecule has 21 heavy (non-hydrogen) atoms. The van der Waals surface area contributed by atoms with Gasteiger partial charge in [0.15, 0.2) is 0 Å². The molecule has 1 atom stereocenters. The maximum atomic E-state index is 12.4. The Morgan fingerprint density at radius 2 is 2.05 bits per heavy atom. The number of carboxylic acids is 1. The molecule has 0 aliphatic carbocycles. The van der Waals surface area contributed by atoms with E-state index in [0.717, 1.165) is 12.8 Å². The predicted octanol–water partition coefficient (Wildman–Crippen LogP) is 3.85. The van der Waals surface area contributed by atoms with Crippen LogP contribution in [0.5, 0.6) is 0 Å². The van der Waals surface area contributed by atoms with Gasteiger partial charge < -0.3 is 15.3 Å². The lowest BCUT2D eigenvalue weighted by Crippen LogP contribution is -2.58. The van der Waals surface area contributed by atoms with Crippen LogP contribution in [0.15, 0.2) is 18.2 Å². The van der Waals surface area contributed by atoms with Crippen molar-refractivity contribution in [3.05, 3.63) is 28.2 Å². The van der Waals surface area contributed by atoms with Crippen molar-refractivity contribution in [3.63, 3.8) is 0 Å². The Labute approximate surface area is 132 Å². The highest BCUT2D eigenvalue weighted by Crippen LogP contribution is 2.30. The maximum Gasteiger partial charge on any atom is 0.329 e. The molecule has 0 spiro atoms. The van der Waals surface area contributed by atoms with Gasteiger partial charge in [0.25, 0.3) is 0 Å². The Balaban J connectivity index is 2.20. The maximum absolute atomic E-state index is 12.4. The molecule has 1 saturated heterocycles. The Hall–Kier alpha value is -1.46. The fraction of sp³-hybridized carbons (Fsp3) is 0.429. The second-order valence-corrected chi connectivity index (χ2v) is 6.09. The summed E-state index contributed by atoms with van der Waals surface area (Å²) < 4.78 is 0. The number of amides is 2. The number of benzene rings is 1. The first-order valence-corrected chi connectivity index (χ1v) is 7.37. The molecule has 1 aliphatic rings. The van der Waals surface area contributed by atoms with Crippen LogP contribution in [0.4, 0.5) is 10.5 Å². The molecule has 0 bridgehead atoms. The quantitative estimate of drug-likeness (QED) is 0.865. The summed E-state index contributed by atoms with van der Waals surface area (Å²) in [5, 5.41) is 12.8. The van der Waals surface area contributed by atoms with Gasteiger partial charge in [-0.25, -0.2) is 9.59 Å². The van der Waals surface area contributed by atoms with Crippen LogP contribution >= 0.6 is 23.2 Å². The zero-order chi connectivity index (χ0) is 15.6. The van der Waals surface area contributed by atoms with Gasteiger partial charge in [0.05, 0.1) is 10.7 Å². The first-order chi connectivity index (χ1) is 9.84. The average Bonchev–Trinajstić information content (AvgIpc) is 2.42. The van der Waals surface area contributed by atoms with Crippen molar-refractivity contribution in [2.45, 2.75) is 31.7 Å². The molecular formula is C14H16Cl2N2O3. The van der Waals surface area contributed by atoms with E-state index in [1.807, 2.05) is 0 Å². The fourth-order valence-electron chi connectivity index (χ4n) is 2.44. The van der Waals surface area contributed by atoms with Crippen molar-refractivity contribution in [2.24, 2.45) is 0 Å². The summed E-state index contributed by atoms with van der Waals surface area (Å²) in [6.45, 7) is 1.97. The van der Waals surface area contributed by atoms with Crippen LogP contribution in [0.3, 0.4) is 0 Å². The number of anilines is 1. The summed E-state index contributed by atoms with van der Waals surface area (Å²) in [4.78, 5) is 25.2. The lowest BCUT2D eigenvalue weighted by atomic mass is 9.89. The average molecular weight is 331 g/mol. The number of hydrogen-bond donors (Lipinski definition) is 2. The Bertz CT molecular complexity index is 579. The number of piperidine rings is 1. The number of carbonyl (C=O) groups is 2. The monoisotopic (exact) mass is 330 g/mol. The van der Waals surface area contributed by atoms with Gasteiger partial charge >= 0.3 is 12.0 Å². The number of carbonyl (C=O) groups excluding carboxylic acids is 1. The molecule has 1 aliphatic heterocycles. The Kier molecular flexibility index (Phi) is 4.64. The zero-order valence-electron chi connectivity index (χ0n) is 11.5. The lowest BCUT2D eigenvalue weighted by Gasteiger charge is -2.41. The molecule has 114 valence electrons. The number of likely N-dealkylation sites (tertiary alicyclic amines) is 1.